The lowest BCUT2D eigenvalue weighted by Gasteiger charge is -2.13. The van der Waals surface area contributed by atoms with E-state index in [-0.39, 0.29) is 23.0 Å². The number of furan rings is 1. The molecule has 1 atom stereocenters. The Morgan fingerprint density at radius 3 is 2.72 bits per heavy atom. The Balaban J connectivity index is 1.62. The van der Waals surface area contributed by atoms with Gasteiger partial charge in [0.15, 0.2) is 12.4 Å². The summed E-state index contributed by atoms with van der Waals surface area (Å²) in [4.78, 5) is 46.1. The highest BCUT2D eigenvalue weighted by atomic mass is 16.5. The minimum atomic E-state index is -1.45. The van der Waals surface area contributed by atoms with Crippen molar-refractivity contribution < 1.29 is 38.2 Å². The van der Waals surface area contributed by atoms with E-state index in [0.29, 0.717) is 11.3 Å². The van der Waals surface area contributed by atoms with Crippen LogP contribution in [-0.4, -0.2) is 41.3 Å². The second-order valence-electron chi connectivity index (χ2n) is 6.03. The van der Waals surface area contributed by atoms with E-state index in [1.807, 2.05) is 0 Å². The van der Waals surface area contributed by atoms with Gasteiger partial charge in [0.05, 0.1) is 18.2 Å². The largest absolute Gasteiger partial charge is 0.484 e. The first-order valence-electron chi connectivity index (χ1n) is 8.38. The third kappa shape index (κ3) is 4.80. The monoisotopic (exact) mass is 400 g/mol. The van der Waals surface area contributed by atoms with E-state index in [0.717, 1.165) is 0 Å². The van der Waals surface area contributed by atoms with Crippen molar-refractivity contribution in [2.45, 2.75) is 12.5 Å². The first-order valence-corrected chi connectivity index (χ1v) is 8.38. The van der Waals surface area contributed by atoms with E-state index in [1.165, 1.54) is 30.5 Å². The fourth-order valence-corrected chi connectivity index (χ4v) is 2.55. The number of nitrogens with two attached hydrogens (primary N) is 1. The molecule has 29 heavy (non-hydrogen) atoms. The van der Waals surface area contributed by atoms with Gasteiger partial charge in [0.1, 0.15) is 23.3 Å². The molecule has 10 heteroatoms. The summed E-state index contributed by atoms with van der Waals surface area (Å²) in [5.41, 5.74) is 5.28. The number of rotatable bonds is 8. The molecule has 2 heterocycles. The first kappa shape index (κ1) is 19.7. The van der Waals surface area contributed by atoms with E-state index < -0.39 is 36.9 Å². The quantitative estimate of drug-likeness (QED) is 0.547. The number of ether oxygens (including phenoxy) is 2. The number of carbonyl (C=O) groups excluding carboxylic acids is 3. The van der Waals surface area contributed by atoms with Gasteiger partial charge in [-0.25, -0.2) is 4.79 Å². The van der Waals surface area contributed by atoms with Gasteiger partial charge in [0.25, 0.3) is 5.91 Å². The normalized spacial score (nSPS) is 14.8. The van der Waals surface area contributed by atoms with Crippen LogP contribution in [0.25, 0.3) is 6.08 Å². The van der Waals surface area contributed by atoms with Crippen LogP contribution < -0.4 is 20.5 Å². The zero-order valence-electron chi connectivity index (χ0n) is 14.9. The Labute approximate surface area is 163 Å². The van der Waals surface area contributed by atoms with E-state index in [9.17, 15) is 19.2 Å². The molecule has 1 aromatic carbocycles. The maximum atomic E-state index is 12.3. The van der Waals surface area contributed by atoms with E-state index >= 15 is 0 Å². The Morgan fingerprint density at radius 2 is 2.07 bits per heavy atom. The van der Waals surface area contributed by atoms with Crippen LogP contribution in [0, 0.1) is 0 Å². The van der Waals surface area contributed by atoms with Crippen molar-refractivity contribution in [3.8, 4) is 11.5 Å². The van der Waals surface area contributed by atoms with Crippen LogP contribution in [-0.2, 0) is 14.4 Å². The van der Waals surface area contributed by atoms with Crippen LogP contribution in [0.1, 0.15) is 22.5 Å². The van der Waals surface area contributed by atoms with Crippen LogP contribution in [0.4, 0.5) is 0 Å². The Hall–Kier alpha value is -4.08. The average molecular weight is 400 g/mol. The highest BCUT2D eigenvalue weighted by Gasteiger charge is 2.28. The van der Waals surface area contributed by atoms with Crippen LogP contribution in [0.5, 0.6) is 11.5 Å². The smallest absolute Gasteiger partial charge is 0.326 e. The molecule has 10 nitrogen and oxygen atoms in total. The number of fused-ring (bicyclic) bond motifs is 1. The van der Waals surface area contributed by atoms with E-state index in [4.69, 9.17) is 24.7 Å². The number of nitrogens with one attached hydrogen (secondary N) is 1. The highest BCUT2D eigenvalue weighted by molar-refractivity contribution is 6.14. The van der Waals surface area contributed by atoms with Gasteiger partial charge in [-0.15, -0.1) is 0 Å². The highest BCUT2D eigenvalue weighted by Crippen LogP contribution is 2.34. The summed E-state index contributed by atoms with van der Waals surface area (Å²) in [5.74, 6) is -2.31. The third-order valence-electron chi connectivity index (χ3n) is 3.87. The summed E-state index contributed by atoms with van der Waals surface area (Å²) in [6.07, 6.45) is 2.38. The van der Waals surface area contributed by atoms with Crippen LogP contribution in [0.15, 0.2) is 46.8 Å². The zero-order chi connectivity index (χ0) is 21.0. The van der Waals surface area contributed by atoms with Gasteiger partial charge in [-0.1, -0.05) is 0 Å². The van der Waals surface area contributed by atoms with Crippen LogP contribution in [0.3, 0.4) is 0 Å². The molecule has 2 amide bonds. The molecular weight excluding hydrogens is 384 g/mol. The lowest BCUT2D eigenvalue weighted by Crippen LogP contribution is -2.45. The molecule has 1 aliphatic rings. The summed E-state index contributed by atoms with van der Waals surface area (Å²) >= 11 is 0. The van der Waals surface area contributed by atoms with Crippen molar-refractivity contribution in [3.05, 3.63) is 53.7 Å². The van der Waals surface area contributed by atoms with Gasteiger partial charge in [-0.2, -0.15) is 0 Å². The Bertz CT molecular complexity index is 994. The maximum absolute atomic E-state index is 12.3. The number of carbonyl (C=O) groups is 4. The molecule has 150 valence electrons. The van der Waals surface area contributed by atoms with Gasteiger partial charge in [-0.3, -0.25) is 14.4 Å². The van der Waals surface area contributed by atoms with Crippen molar-refractivity contribution in [2.24, 2.45) is 5.73 Å². The van der Waals surface area contributed by atoms with Crippen molar-refractivity contribution in [1.29, 1.82) is 0 Å². The minimum Gasteiger partial charge on any atom is -0.484 e. The number of benzene rings is 1. The van der Waals surface area contributed by atoms with Gasteiger partial charge >= 0.3 is 5.97 Å². The number of ketones is 1. The van der Waals surface area contributed by atoms with Gasteiger partial charge in [-0.05, 0) is 24.3 Å². The number of amides is 2. The SMILES string of the molecule is NC(=O)CC(NC(=O)COc1ccc2c(c1)OC(=Cc1ccco1)C2=O)C(=O)O. The van der Waals surface area contributed by atoms with Crippen molar-refractivity contribution in [3.63, 3.8) is 0 Å². The third-order valence-corrected chi connectivity index (χ3v) is 3.87. The number of hydrogen-bond acceptors (Lipinski definition) is 7. The lowest BCUT2D eigenvalue weighted by molar-refractivity contribution is -0.143. The number of aliphatic carboxylic acids is 1. The fraction of sp³-hybridized carbons (Fsp3) is 0.158. The summed E-state index contributed by atoms with van der Waals surface area (Å²) in [7, 11) is 0. The molecule has 2 aromatic rings. The van der Waals surface area contributed by atoms with Crippen molar-refractivity contribution >= 4 is 29.6 Å². The molecule has 0 spiro atoms. The molecule has 0 bridgehead atoms. The molecule has 4 N–H and O–H groups in total. The second kappa shape index (κ2) is 8.30. The molecule has 1 aliphatic heterocycles. The predicted octanol–water partition coefficient (Wildman–Crippen LogP) is 0.719. The maximum Gasteiger partial charge on any atom is 0.326 e. The topological polar surface area (TPSA) is 158 Å². The van der Waals surface area contributed by atoms with Crippen molar-refractivity contribution in [2.75, 3.05) is 6.61 Å². The van der Waals surface area contributed by atoms with Gasteiger partial charge < -0.3 is 30.0 Å². The summed E-state index contributed by atoms with van der Waals surface area (Å²) in [5, 5.41) is 11.1. The first-order chi connectivity index (χ1) is 13.8. The van der Waals surface area contributed by atoms with Crippen LogP contribution >= 0.6 is 0 Å². The van der Waals surface area contributed by atoms with Gasteiger partial charge in [0.2, 0.25) is 11.7 Å². The summed E-state index contributed by atoms with van der Waals surface area (Å²) in [6.45, 7) is -0.510. The number of hydrogen-bond donors (Lipinski definition) is 3. The molecule has 1 unspecified atom stereocenters. The standard InChI is InChI=1S/C19H16N2O8/c20-16(22)8-13(19(25)26)21-17(23)9-28-11-3-4-12-14(6-11)29-15(18(12)24)7-10-2-1-5-27-10/h1-7,13H,8-9H2,(H2,20,22)(H,21,23)(H,25,26). The Kier molecular flexibility index (Phi) is 5.63. The molecule has 0 saturated heterocycles. The second-order valence-corrected chi connectivity index (χ2v) is 6.03. The lowest BCUT2D eigenvalue weighted by atomic mass is 10.1. The molecule has 0 aliphatic carbocycles. The van der Waals surface area contributed by atoms with Crippen molar-refractivity contribution in [1.82, 2.24) is 5.32 Å². The van der Waals surface area contributed by atoms with E-state index in [2.05, 4.69) is 5.32 Å². The van der Waals surface area contributed by atoms with Gasteiger partial charge in [0, 0.05) is 12.1 Å². The van der Waals surface area contributed by atoms with E-state index in [1.54, 1.807) is 12.1 Å². The zero-order valence-corrected chi connectivity index (χ0v) is 14.9. The number of allylic oxidation sites excluding steroid dienone is 1. The molecule has 3 rings (SSSR count). The molecular formula is C19H16N2O8. The fourth-order valence-electron chi connectivity index (χ4n) is 2.55. The Morgan fingerprint density at radius 1 is 1.28 bits per heavy atom. The average Bonchev–Trinajstić information content (AvgIpc) is 3.27. The number of primary amides is 1. The number of carboxylic acid groups (broad SMARTS) is 1. The summed E-state index contributed by atoms with van der Waals surface area (Å²) < 4.78 is 16.0. The summed E-state index contributed by atoms with van der Waals surface area (Å²) in [6, 6.07) is 6.29. The number of carboxylic acids is 1. The number of Topliss-reactive ketones (excluding diaryl/α,β-unsaturated/α-hetero) is 1. The molecule has 0 fully saturated rings. The molecule has 0 saturated carbocycles. The minimum absolute atomic E-state index is 0.0839. The van der Waals surface area contributed by atoms with Crippen LogP contribution in [0.2, 0.25) is 0 Å². The predicted molar refractivity (Wildman–Crippen MR) is 97.0 cm³/mol. The molecule has 1 aromatic heterocycles. The molecule has 0 radical (unpaired) electrons.